The van der Waals surface area contributed by atoms with E-state index in [4.69, 9.17) is 0 Å². The van der Waals surface area contributed by atoms with Gasteiger partial charge in [0.05, 0.1) is 0 Å². The Morgan fingerprint density at radius 1 is 0.200 bits per heavy atom. The largest absolute Gasteiger partial charge is 0.126 e. The molecule has 0 atom stereocenters. The van der Waals surface area contributed by atoms with Gasteiger partial charge in [0.25, 0.3) is 0 Å². The summed E-state index contributed by atoms with van der Waals surface area (Å²) in [6, 6.07) is 5.31. The van der Waals surface area contributed by atoms with Crippen molar-refractivity contribution in [2.75, 3.05) is 23.0 Å². The molecule has 0 amide bonds. The van der Waals surface area contributed by atoms with Gasteiger partial charge in [-0.1, -0.05) is 336 Å². The Kier molecular flexibility index (Phi) is 57.7. The van der Waals surface area contributed by atoms with Crippen molar-refractivity contribution in [2.24, 2.45) is 0 Å². The number of hydrogen-bond acceptors (Lipinski definition) is 4. The molecule has 0 saturated heterocycles. The summed E-state index contributed by atoms with van der Waals surface area (Å²) in [5, 5.41) is 0. The highest BCUT2D eigenvalue weighted by Gasteiger charge is 2.14. The lowest BCUT2D eigenvalue weighted by molar-refractivity contribution is 0.543. The fraction of sp³-hybridized carbons (Fsp3) is 0.909. The van der Waals surface area contributed by atoms with Gasteiger partial charge in [-0.15, -0.1) is 47.0 Å². The molecular formula is C66H126S4. The molecule has 0 nitrogen and oxygen atoms in total. The van der Waals surface area contributed by atoms with Crippen LogP contribution in [0.15, 0.2) is 31.7 Å². The van der Waals surface area contributed by atoms with Gasteiger partial charge in [0, 0.05) is 19.6 Å². The Bertz CT molecular complexity index is 1080. The van der Waals surface area contributed by atoms with Crippen LogP contribution in [-0.4, -0.2) is 23.0 Å². The van der Waals surface area contributed by atoms with Gasteiger partial charge in [0.1, 0.15) is 0 Å². The van der Waals surface area contributed by atoms with Crippen LogP contribution in [0.4, 0.5) is 0 Å². The summed E-state index contributed by atoms with van der Waals surface area (Å²) in [6.45, 7) is 9.31. The summed E-state index contributed by atoms with van der Waals surface area (Å²) in [5.74, 6) is 5.16. The van der Waals surface area contributed by atoms with Crippen LogP contribution in [0, 0.1) is 0 Å². The second kappa shape index (κ2) is 58.9. The molecule has 1 aromatic carbocycles. The highest BCUT2D eigenvalue weighted by Crippen LogP contribution is 2.43. The lowest BCUT2D eigenvalue weighted by Gasteiger charge is -2.17. The van der Waals surface area contributed by atoms with Gasteiger partial charge >= 0.3 is 0 Å². The van der Waals surface area contributed by atoms with Crippen molar-refractivity contribution in [1.29, 1.82) is 0 Å². The lowest BCUT2D eigenvalue weighted by Crippen LogP contribution is -1.93. The Morgan fingerprint density at radius 3 is 0.586 bits per heavy atom. The molecule has 0 aromatic heterocycles. The Morgan fingerprint density at radius 2 is 0.371 bits per heavy atom. The third kappa shape index (κ3) is 48.3. The van der Waals surface area contributed by atoms with Crippen molar-refractivity contribution in [3.8, 4) is 0 Å². The topological polar surface area (TPSA) is 0 Å². The molecule has 0 aliphatic carbocycles. The summed E-state index contributed by atoms with van der Waals surface area (Å²) in [6.07, 6.45) is 74.9. The molecule has 0 saturated carbocycles. The Hall–Kier alpha value is 0.620. The molecule has 1 aromatic rings. The van der Waals surface area contributed by atoms with E-state index in [0.29, 0.717) is 0 Å². The van der Waals surface area contributed by atoms with Crippen LogP contribution in [0.1, 0.15) is 362 Å². The molecular weight excluding hydrogens is 921 g/mol. The van der Waals surface area contributed by atoms with E-state index in [2.05, 4.69) is 86.9 Å². The van der Waals surface area contributed by atoms with Gasteiger partial charge in [0.2, 0.25) is 0 Å². The minimum Gasteiger partial charge on any atom is -0.126 e. The standard InChI is InChI=1S/C66H126S4/c1-5-9-13-17-21-25-29-33-37-41-45-49-53-57-67-63-61-64(68-58-54-50-46-42-38-34-30-26-22-18-14-10-6-2)66(70-60-56-52-48-44-40-36-32-28-24-20-16-12-8-4)65(62-63)69-59-55-51-47-43-39-35-31-27-23-19-15-11-7-3/h61-62H,5-60H2,1-4H3. The lowest BCUT2D eigenvalue weighted by atomic mass is 10.1. The molecule has 0 spiro atoms. The summed E-state index contributed by atoms with van der Waals surface area (Å²) < 4.78 is 0. The van der Waals surface area contributed by atoms with E-state index in [1.165, 1.54) is 357 Å². The predicted molar refractivity (Wildman–Crippen MR) is 332 cm³/mol. The molecule has 0 aliphatic rings. The molecule has 1 rings (SSSR count). The summed E-state index contributed by atoms with van der Waals surface area (Å²) in [5.41, 5.74) is 0. The van der Waals surface area contributed by atoms with E-state index in [-0.39, 0.29) is 0 Å². The van der Waals surface area contributed by atoms with Crippen molar-refractivity contribution in [2.45, 2.75) is 381 Å². The van der Waals surface area contributed by atoms with Crippen molar-refractivity contribution >= 4 is 47.0 Å². The second-order valence-corrected chi connectivity index (χ2v) is 26.7. The van der Waals surface area contributed by atoms with E-state index in [1.807, 2.05) is 0 Å². The predicted octanol–water partition coefficient (Wildman–Crippen LogP) is 26.4. The maximum atomic E-state index is 2.65. The van der Waals surface area contributed by atoms with Crippen LogP contribution in [0.3, 0.4) is 0 Å². The molecule has 4 heteroatoms. The smallest absolute Gasteiger partial charge is 0.0345 e. The van der Waals surface area contributed by atoms with Crippen LogP contribution in [0.5, 0.6) is 0 Å². The average molecular weight is 1050 g/mol. The number of hydrogen-bond donors (Lipinski definition) is 0. The molecule has 70 heavy (non-hydrogen) atoms. The zero-order valence-electron chi connectivity index (χ0n) is 48.4. The highest BCUT2D eigenvalue weighted by atomic mass is 32.2. The van der Waals surface area contributed by atoms with Crippen LogP contribution in [0.25, 0.3) is 0 Å². The van der Waals surface area contributed by atoms with Gasteiger partial charge in [0.15, 0.2) is 0 Å². The van der Waals surface area contributed by atoms with E-state index in [9.17, 15) is 0 Å². The SMILES string of the molecule is CCCCCCCCCCCCCCCSc1cc(SCCCCCCCCCCCCCCC)c(SCCCCCCCCCCCCCCC)c(SCCCCCCCCCCCCCCC)c1. The molecule has 0 fully saturated rings. The van der Waals surface area contributed by atoms with Gasteiger partial charge in [-0.25, -0.2) is 0 Å². The van der Waals surface area contributed by atoms with E-state index in [1.54, 1.807) is 19.6 Å². The number of unbranched alkanes of at least 4 members (excludes halogenated alkanes) is 48. The molecule has 0 radical (unpaired) electrons. The normalized spacial score (nSPS) is 11.7. The molecule has 0 N–H and O–H groups in total. The molecule has 0 unspecified atom stereocenters. The fourth-order valence-corrected chi connectivity index (χ4v) is 15.1. The van der Waals surface area contributed by atoms with Gasteiger partial charge in [-0.05, 0) is 60.8 Å². The highest BCUT2D eigenvalue weighted by molar-refractivity contribution is 8.04. The van der Waals surface area contributed by atoms with Gasteiger partial charge in [-0.3, -0.25) is 0 Å². The number of benzene rings is 1. The molecule has 414 valence electrons. The first kappa shape index (κ1) is 68.6. The van der Waals surface area contributed by atoms with E-state index >= 15 is 0 Å². The molecule has 0 bridgehead atoms. The van der Waals surface area contributed by atoms with Crippen molar-refractivity contribution in [3.05, 3.63) is 12.1 Å². The second-order valence-electron chi connectivity index (χ2n) is 22.1. The van der Waals surface area contributed by atoms with E-state index in [0.717, 1.165) is 0 Å². The van der Waals surface area contributed by atoms with Crippen LogP contribution >= 0.6 is 47.0 Å². The maximum absolute atomic E-state index is 2.65. The zero-order chi connectivity index (χ0) is 50.2. The number of rotatable bonds is 60. The third-order valence-electron chi connectivity index (χ3n) is 15.0. The van der Waals surface area contributed by atoms with Crippen molar-refractivity contribution in [1.82, 2.24) is 0 Å². The zero-order valence-corrected chi connectivity index (χ0v) is 51.7. The third-order valence-corrected chi connectivity index (χ3v) is 19.8. The van der Waals surface area contributed by atoms with Crippen LogP contribution in [-0.2, 0) is 0 Å². The fourth-order valence-electron chi connectivity index (χ4n) is 10.2. The minimum atomic E-state index is 1.29. The first-order chi connectivity index (χ1) is 34.8. The first-order valence-electron chi connectivity index (χ1n) is 32.5. The monoisotopic (exact) mass is 1050 g/mol. The first-order valence-corrected chi connectivity index (χ1v) is 36.4. The molecule has 0 heterocycles. The Balaban J connectivity index is 2.75. The van der Waals surface area contributed by atoms with Crippen LogP contribution in [0.2, 0.25) is 0 Å². The summed E-state index contributed by atoms with van der Waals surface area (Å²) in [4.78, 5) is 6.47. The van der Waals surface area contributed by atoms with Crippen molar-refractivity contribution < 1.29 is 0 Å². The quantitative estimate of drug-likeness (QED) is 0.0471. The number of thioether (sulfide) groups is 4. The maximum Gasteiger partial charge on any atom is 0.0345 e. The van der Waals surface area contributed by atoms with Crippen LogP contribution < -0.4 is 0 Å². The molecule has 0 aliphatic heterocycles. The van der Waals surface area contributed by atoms with Gasteiger partial charge < -0.3 is 0 Å². The summed E-state index contributed by atoms with van der Waals surface area (Å²) in [7, 11) is 0. The minimum absolute atomic E-state index is 1.29. The summed E-state index contributed by atoms with van der Waals surface area (Å²) >= 11 is 8.86. The Labute approximate surface area is 460 Å². The van der Waals surface area contributed by atoms with Gasteiger partial charge in [-0.2, -0.15) is 0 Å². The van der Waals surface area contributed by atoms with Crippen molar-refractivity contribution in [3.63, 3.8) is 0 Å². The van der Waals surface area contributed by atoms with E-state index < -0.39 is 0 Å². The average Bonchev–Trinajstić information content (AvgIpc) is 3.37.